The average Bonchev–Trinajstić information content (AvgIpc) is 3.35. The number of carbonyl (C=O) groups is 2. The first kappa shape index (κ1) is 24.2. The van der Waals surface area contributed by atoms with Gasteiger partial charge in [-0.05, 0) is 68.9 Å². The summed E-state index contributed by atoms with van der Waals surface area (Å²) in [5.74, 6) is 4.01. The molecule has 5 rings (SSSR count). The van der Waals surface area contributed by atoms with Gasteiger partial charge >= 0.3 is 0 Å². The Kier molecular flexibility index (Phi) is 6.58. The van der Waals surface area contributed by atoms with E-state index in [2.05, 4.69) is 50.5 Å². The van der Waals surface area contributed by atoms with Crippen LogP contribution >= 0.6 is 0 Å². The molecule has 2 aliphatic carbocycles. The lowest BCUT2D eigenvalue weighted by Gasteiger charge is -2.36. The topological polar surface area (TPSA) is 68.1 Å². The Balaban J connectivity index is 1.40. The fourth-order valence-corrected chi connectivity index (χ4v) is 6.37. The predicted octanol–water partition coefficient (Wildman–Crippen LogP) is 5.14. The molecule has 1 amide bonds. The Labute approximate surface area is 209 Å². The Hall–Kier alpha value is -2.50. The van der Waals surface area contributed by atoms with E-state index in [9.17, 15) is 9.59 Å². The van der Waals surface area contributed by atoms with Crippen molar-refractivity contribution in [2.75, 3.05) is 13.1 Å². The number of Topliss-reactive ketones (excluding diaryl/α,β-unsaturated/α-hetero) is 1. The van der Waals surface area contributed by atoms with Gasteiger partial charge in [-0.1, -0.05) is 37.6 Å². The van der Waals surface area contributed by atoms with E-state index in [0.29, 0.717) is 31.5 Å². The summed E-state index contributed by atoms with van der Waals surface area (Å²) in [5.41, 5.74) is 3.44. The minimum absolute atomic E-state index is 0.0325. The minimum atomic E-state index is -0.232. The standard InChI is InChI=1S/C29H40N4O2/c1-17(2)10-21-12-23(13-21)28-30-31-29(33(28)24-8-9-24)26-16-32(20(5)34)15-25(26)27(35)14-22-7-6-18(3)11-19(22)4/h6-7,11,17,21,23-26H,8-10,12-16H2,1-5H3/t21?,23?,25-,26-/m1/s1. The molecule has 0 radical (unpaired) electrons. The lowest BCUT2D eigenvalue weighted by molar-refractivity contribution is -0.128. The second kappa shape index (κ2) is 9.51. The number of aromatic nitrogens is 3. The number of carbonyl (C=O) groups excluding carboxylic acids is 2. The summed E-state index contributed by atoms with van der Waals surface area (Å²) in [6.07, 6.45) is 6.40. The quantitative estimate of drug-likeness (QED) is 0.529. The number of likely N-dealkylation sites (tertiary alicyclic amines) is 1. The Bertz CT molecular complexity index is 1110. The van der Waals surface area contributed by atoms with Gasteiger partial charge in [-0.2, -0.15) is 0 Å². The number of hydrogen-bond donors (Lipinski definition) is 0. The van der Waals surface area contributed by atoms with Crippen molar-refractivity contribution in [3.8, 4) is 0 Å². The van der Waals surface area contributed by atoms with Gasteiger partial charge < -0.3 is 9.47 Å². The minimum Gasteiger partial charge on any atom is -0.341 e. The number of amides is 1. The van der Waals surface area contributed by atoms with Crippen molar-refractivity contribution in [2.24, 2.45) is 17.8 Å². The lowest BCUT2D eigenvalue weighted by atomic mass is 9.71. The zero-order valence-electron chi connectivity index (χ0n) is 22.0. The monoisotopic (exact) mass is 476 g/mol. The molecule has 2 heterocycles. The Morgan fingerprint density at radius 2 is 1.77 bits per heavy atom. The summed E-state index contributed by atoms with van der Waals surface area (Å²) >= 11 is 0. The zero-order valence-corrected chi connectivity index (χ0v) is 22.0. The summed E-state index contributed by atoms with van der Waals surface area (Å²) in [6, 6.07) is 6.74. The molecule has 2 aromatic rings. The van der Waals surface area contributed by atoms with Gasteiger partial charge in [0.2, 0.25) is 5.91 Å². The molecule has 0 unspecified atom stereocenters. The lowest BCUT2D eigenvalue weighted by Crippen LogP contribution is -2.28. The molecule has 2 atom stereocenters. The Morgan fingerprint density at radius 1 is 1.06 bits per heavy atom. The molecular formula is C29H40N4O2. The second-order valence-corrected chi connectivity index (χ2v) is 11.9. The van der Waals surface area contributed by atoms with Crippen molar-refractivity contribution < 1.29 is 9.59 Å². The third kappa shape index (κ3) is 4.94. The molecule has 0 bridgehead atoms. The highest BCUT2D eigenvalue weighted by atomic mass is 16.2. The maximum Gasteiger partial charge on any atom is 0.219 e. The molecule has 6 heteroatoms. The third-order valence-electron chi connectivity index (χ3n) is 8.44. The molecule has 3 fully saturated rings. The van der Waals surface area contributed by atoms with Crippen LogP contribution in [0.5, 0.6) is 0 Å². The highest BCUT2D eigenvalue weighted by molar-refractivity contribution is 5.86. The molecule has 0 spiro atoms. The van der Waals surface area contributed by atoms with Crippen LogP contribution in [0.2, 0.25) is 0 Å². The van der Waals surface area contributed by atoms with Crippen molar-refractivity contribution in [2.45, 2.75) is 91.0 Å². The van der Waals surface area contributed by atoms with Gasteiger partial charge in [0.05, 0.1) is 0 Å². The van der Waals surface area contributed by atoms with E-state index in [1.165, 1.54) is 24.8 Å². The van der Waals surface area contributed by atoms with Crippen LogP contribution in [0.1, 0.15) is 99.1 Å². The number of aryl methyl sites for hydroxylation is 2. The van der Waals surface area contributed by atoms with Gasteiger partial charge in [0.1, 0.15) is 17.4 Å². The SMILES string of the molecule is CC(=O)N1C[C@@H](C(=O)Cc2ccc(C)cc2C)[C@H](c2nnc(C3CC(CC(C)C)C3)n2C2CC2)C1. The van der Waals surface area contributed by atoms with Gasteiger partial charge in [0.25, 0.3) is 0 Å². The summed E-state index contributed by atoms with van der Waals surface area (Å²) in [7, 11) is 0. The van der Waals surface area contributed by atoms with Crippen LogP contribution in [-0.4, -0.2) is 44.4 Å². The molecule has 1 aromatic carbocycles. The van der Waals surface area contributed by atoms with Gasteiger partial charge in [-0.25, -0.2) is 0 Å². The fraction of sp³-hybridized carbons (Fsp3) is 0.655. The van der Waals surface area contributed by atoms with E-state index in [-0.39, 0.29) is 23.5 Å². The van der Waals surface area contributed by atoms with Crippen LogP contribution in [0.25, 0.3) is 0 Å². The van der Waals surface area contributed by atoms with E-state index in [1.54, 1.807) is 6.92 Å². The van der Waals surface area contributed by atoms with Crippen molar-refractivity contribution in [1.82, 2.24) is 19.7 Å². The maximum absolute atomic E-state index is 13.7. The predicted molar refractivity (Wildman–Crippen MR) is 136 cm³/mol. The van der Waals surface area contributed by atoms with E-state index in [1.807, 2.05) is 4.90 Å². The number of rotatable bonds is 8. The third-order valence-corrected chi connectivity index (χ3v) is 8.44. The zero-order chi connectivity index (χ0) is 24.9. The molecule has 35 heavy (non-hydrogen) atoms. The molecule has 1 aromatic heterocycles. The molecule has 0 N–H and O–H groups in total. The van der Waals surface area contributed by atoms with Crippen LogP contribution < -0.4 is 0 Å². The molecule has 188 valence electrons. The molecular weight excluding hydrogens is 436 g/mol. The van der Waals surface area contributed by atoms with Crippen molar-refractivity contribution in [1.29, 1.82) is 0 Å². The molecule has 2 saturated carbocycles. The number of hydrogen-bond acceptors (Lipinski definition) is 4. The van der Waals surface area contributed by atoms with Crippen molar-refractivity contribution >= 4 is 11.7 Å². The highest BCUT2D eigenvalue weighted by Gasteiger charge is 2.45. The van der Waals surface area contributed by atoms with Gasteiger partial charge in [-0.15, -0.1) is 10.2 Å². The first-order valence-corrected chi connectivity index (χ1v) is 13.5. The van der Waals surface area contributed by atoms with Gasteiger partial charge in [-0.3, -0.25) is 9.59 Å². The summed E-state index contributed by atoms with van der Waals surface area (Å²) < 4.78 is 2.39. The second-order valence-electron chi connectivity index (χ2n) is 11.9. The van der Waals surface area contributed by atoms with Gasteiger partial charge in [0, 0.05) is 50.2 Å². The van der Waals surface area contributed by atoms with E-state index < -0.39 is 0 Å². The first-order valence-electron chi connectivity index (χ1n) is 13.5. The highest BCUT2D eigenvalue weighted by Crippen LogP contribution is 2.48. The van der Waals surface area contributed by atoms with E-state index in [4.69, 9.17) is 10.2 Å². The molecule has 1 saturated heterocycles. The largest absolute Gasteiger partial charge is 0.341 e. The smallest absolute Gasteiger partial charge is 0.219 e. The number of ketones is 1. The van der Waals surface area contributed by atoms with E-state index >= 15 is 0 Å². The van der Waals surface area contributed by atoms with Gasteiger partial charge in [0.15, 0.2) is 0 Å². The van der Waals surface area contributed by atoms with Crippen LogP contribution in [0, 0.1) is 31.6 Å². The number of nitrogens with zero attached hydrogens (tertiary/aromatic N) is 4. The summed E-state index contributed by atoms with van der Waals surface area (Å²) in [4.78, 5) is 27.8. The number of benzene rings is 1. The van der Waals surface area contributed by atoms with Crippen LogP contribution in [0.3, 0.4) is 0 Å². The van der Waals surface area contributed by atoms with E-state index in [0.717, 1.165) is 47.5 Å². The summed E-state index contributed by atoms with van der Waals surface area (Å²) in [5, 5.41) is 9.46. The maximum atomic E-state index is 13.7. The van der Waals surface area contributed by atoms with Crippen LogP contribution in [-0.2, 0) is 16.0 Å². The average molecular weight is 477 g/mol. The van der Waals surface area contributed by atoms with Crippen molar-refractivity contribution in [3.63, 3.8) is 0 Å². The first-order chi connectivity index (χ1) is 16.7. The van der Waals surface area contributed by atoms with Crippen molar-refractivity contribution in [3.05, 3.63) is 46.5 Å². The van der Waals surface area contributed by atoms with Crippen LogP contribution in [0.15, 0.2) is 18.2 Å². The van der Waals surface area contributed by atoms with Crippen LogP contribution in [0.4, 0.5) is 0 Å². The normalized spacial score (nSPS) is 26.3. The molecule has 6 nitrogen and oxygen atoms in total. The Morgan fingerprint density at radius 3 is 2.40 bits per heavy atom. The fourth-order valence-electron chi connectivity index (χ4n) is 6.37. The summed E-state index contributed by atoms with van der Waals surface area (Å²) in [6.45, 7) is 11.4. The molecule has 1 aliphatic heterocycles. The molecule has 3 aliphatic rings.